The van der Waals surface area contributed by atoms with Gasteiger partial charge in [0.15, 0.2) is 0 Å². The van der Waals surface area contributed by atoms with Crippen LogP contribution in [0, 0.1) is 0 Å². The maximum Gasteiger partial charge on any atom is 0.328 e. The molecule has 0 radical (unpaired) electrons. The van der Waals surface area contributed by atoms with Crippen LogP contribution in [0.5, 0.6) is 0 Å². The van der Waals surface area contributed by atoms with E-state index < -0.39 is 5.97 Å². The van der Waals surface area contributed by atoms with Crippen LogP contribution in [-0.4, -0.2) is 34.9 Å². The highest BCUT2D eigenvalue weighted by Crippen LogP contribution is 2.13. The third kappa shape index (κ3) is 4.39. The lowest BCUT2D eigenvalue weighted by Crippen LogP contribution is -2.47. The van der Waals surface area contributed by atoms with Gasteiger partial charge in [0.25, 0.3) is 0 Å². The van der Waals surface area contributed by atoms with Crippen molar-refractivity contribution in [2.24, 2.45) is 0 Å². The predicted octanol–water partition coefficient (Wildman–Crippen LogP) is 0.768. The van der Waals surface area contributed by atoms with Gasteiger partial charge in [0.1, 0.15) is 0 Å². The van der Waals surface area contributed by atoms with Crippen molar-refractivity contribution in [2.75, 3.05) is 13.2 Å². The third-order valence-corrected chi connectivity index (χ3v) is 2.51. The van der Waals surface area contributed by atoms with Crippen molar-refractivity contribution in [2.45, 2.75) is 32.2 Å². The van der Waals surface area contributed by atoms with Crippen LogP contribution < -0.4 is 5.32 Å². The van der Waals surface area contributed by atoms with Crippen LogP contribution in [0.1, 0.15) is 26.7 Å². The smallest absolute Gasteiger partial charge is 0.328 e. The second-order valence-corrected chi connectivity index (χ2v) is 3.27. The quantitative estimate of drug-likeness (QED) is 0.532. The number of nitrogens with one attached hydrogen (secondary N) is 1. The molecule has 14 heavy (non-hydrogen) atoms. The third-order valence-electron chi connectivity index (χ3n) is 2.51. The average molecular weight is 201 g/mol. The molecule has 0 rings (SSSR count). The molecule has 0 aliphatic heterocycles. The van der Waals surface area contributed by atoms with E-state index in [0.717, 1.165) is 18.9 Å². The minimum Gasteiger partial charge on any atom is -0.478 e. The molecule has 0 spiro atoms. The summed E-state index contributed by atoms with van der Waals surface area (Å²) in [5, 5.41) is 20.7. The Bertz CT molecular complexity index is 189. The molecule has 0 bridgehead atoms. The molecule has 0 atom stereocenters. The fraction of sp³-hybridized carbons (Fsp3) is 0.700. The van der Waals surface area contributed by atoms with Gasteiger partial charge >= 0.3 is 5.97 Å². The Morgan fingerprint density at radius 2 is 2.00 bits per heavy atom. The summed E-state index contributed by atoms with van der Waals surface area (Å²) >= 11 is 0. The van der Waals surface area contributed by atoms with Gasteiger partial charge < -0.3 is 15.5 Å². The van der Waals surface area contributed by atoms with Gasteiger partial charge in [-0.2, -0.15) is 0 Å². The van der Waals surface area contributed by atoms with Crippen molar-refractivity contribution in [3.05, 3.63) is 12.2 Å². The van der Waals surface area contributed by atoms with Gasteiger partial charge in [-0.05, 0) is 12.8 Å². The molecule has 4 heteroatoms. The van der Waals surface area contributed by atoms with Crippen LogP contribution in [-0.2, 0) is 4.79 Å². The molecule has 0 fully saturated rings. The molecule has 0 aromatic carbocycles. The molecule has 4 nitrogen and oxygen atoms in total. The second kappa shape index (κ2) is 6.56. The van der Waals surface area contributed by atoms with Gasteiger partial charge in [0.2, 0.25) is 0 Å². The first kappa shape index (κ1) is 13.1. The van der Waals surface area contributed by atoms with Gasteiger partial charge in [-0.15, -0.1) is 0 Å². The minimum absolute atomic E-state index is 0.0703. The van der Waals surface area contributed by atoms with Crippen molar-refractivity contribution < 1.29 is 15.0 Å². The zero-order valence-corrected chi connectivity index (χ0v) is 8.79. The van der Waals surface area contributed by atoms with E-state index in [2.05, 4.69) is 5.32 Å². The molecule has 0 amide bonds. The summed E-state index contributed by atoms with van der Waals surface area (Å²) in [6.45, 7) is 4.52. The van der Waals surface area contributed by atoms with E-state index in [0.29, 0.717) is 6.54 Å². The fourth-order valence-electron chi connectivity index (χ4n) is 1.21. The van der Waals surface area contributed by atoms with Crippen LogP contribution in [0.4, 0.5) is 0 Å². The van der Waals surface area contributed by atoms with E-state index in [1.807, 2.05) is 13.8 Å². The maximum atomic E-state index is 10.2. The van der Waals surface area contributed by atoms with Crippen molar-refractivity contribution in [3.63, 3.8) is 0 Å². The summed E-state index contributed by atoms with van der Waals surface area (Å²) in [5.74, 6) is -0.950. The molecule has 3 N–H and O–H groups in total. The Balaban J connectivity index is 4.00. The van der Waals surface area contributed by atoms with Crippen molar-refractivity contribution in [1.82, 2.24) is 5.32 Å². The SMILES string of the molecule is CCC(CC)(CO)NC/C=C/C(=O)O. The number of aliphatic hydroxyl groups is 1. The number of carboxylic acids is 1. The molecule has 0 saturated carbocycles. The molecule has 0 aromatic rings. The van der Waals surface area contributed by atoms with Crippen LogP contribution >= 0.6 is 0 Å². The summed E-state index contributed by atoms with van der Waals surface area (Å²) in [6.07, 6.45) is 4.28. The van der Waals surface area contributed by atoms with E-state index in [1.54, 1.807) is 0 Å². The Labute approximate surface area is 84.6 Å². The summed E-state index contributed by atoms with van der Waals surface area (Å²) in [5.41, 5.74) is -0.275. The second-order valence-electron chi connectivity index (χ2n) is 3.27. The molecule has 0 unspecified atom stereocenters. The topological polar surface area (TPSA) is 69.6 Å². The zero-order valence-electron chi connectivity index (χ0n) is 8.79. The molecule has 82 valence electrons. The zero-order chi connectivity index (χ0) is 11.0. The van der Waals surface area contributed by atoms with E-state index in [9.17, 15) is 9.90 Å². The fourth-order valence-corrected chi connectivity index (χ4v) is 1.21. The Morgan fingerprint density at radius 1 is 1.43 bits per heavy atom. The van der Waals surface area contributed by atoms with Gasteiger partial charge in [0.05, 0.1) is 6.61 Å². The van der Waals surface area contributed by atoms with Crippen LogP contribution in [0.3, 0.4) is 0 Å². The molecule has 0 heterocycles. The van der Waals surface area contributed by atoms with E-state index in [-0.39, 0.29) is 12.1 Å². The van der Waals surface area contributed by atoms with E-state index in [1.165, 1.54) is 6.08 Å². The first-order valence-electron chi connectivity index (χ1n) is 4.85. The number of hydrogen-bond donors (Lipinski definition) is 3. The Morgan fingerprint density at radius 3 is 2.36 bits per heavy atom. The van der Waals surface area contributed by atoms with Crippen molar-refractivity contribution in [1.29, 1.82) is 0 Å². The lowest BCUT2D eigenvalue weighted by atomic mass is 9.94. The van der Waals surface area contributed by atoms with Gasteiger partial charge in [-0.1, -0.05) is 19.9 Å². The van der Waals surface area contributed by atoms with Gasteiger partial charge in [0, 0.05) is 18.2 Å². The summed E-state index contributed by atoms with van der Waals surface area (Å²) in [6, 6.07) is 0. The monoisotopic (exact) mass is 201 g/mol. The molecule has 0 aliphatic rings. The Kier molecular flexibility index (Phi) is 6.16. The number of rotatable bonds is 7. The largest absolute Gasteiger partial charge is 0.478 e. The number of carboxylic acid groups (broad SMARTS) is 1. The first-order valence-corrected chi connectivity index (χ1v) is 4.85. The van der Waals surface area contributed by atoms with Crippen LogP contribution in [0.15, 0.2) is 12.2 Å². The molecule has 0 aromatic heterocycles. The summed E-state index contributed by atoms with van der Waals surface area (Å²) in [7, 11) is 0. The highest BCUT2D eigenvalue weighted by atomic mass is 16.4. The lowest BCUT2D eigenvalue weighted by molar-refractivity contribution is -0.131. The van der Waals surface area contributed by atoms with Crippen LogP contribution in [0.2, 0.25) is 0 Å². The summed E-state index contributed by atoms with van der Waals surface area (Å²) < 4.78 is 0. The normalized spacial score (nSPS) is 12.2. The number of aliphatic carboxylic acids is 1. The molecule has 0 saturated heterocycles. The van der Waals surface area contributed by atoms with E-state index >= 15 is 0 Å². The van der Waals surface area contributed by atoms with Crippen molar-refractivity contribution in [3.8, 4) is 0 Å². The maximum absolute atomic E-state index is 10.2. The number of carbonyl (C=O) groups is 1. The van der Waals surface area contributed by atoms with Gasteiger partial charge in [-0.3, -0.25) is 0 Å². The summed E-state index contributed by atoms with van der Waals surface area (Å²) in [4.78, 5) is 10.2. The average Bonchev–Trinajstić information content (AvgIpc) is 2.19. The number of aliphatic hydroxyl groups excluding tert-OH is 1. The minimum atomic E-state index is -0.950. The standard InChI is InChI=1S/C10H19NO3/c1-3-10(4-2,8-12)11-7-5-6-9(13)14/h5-6,11-12H,3-4,7-8H2,1-2H3,(H,13,14)/b6-5+. The Hall–Kier alpha value is -0.870. The van der Waals surface area contributed by atoms with Crippen molar-refractivity contribution >= 4 is 5.97 Å². The number of hydrogen-bond acceptors (Lipinski definition) is 3. The predicted molar refractivity (Wildman–Crippen MR) is 55.2 cm³/mol. The van der Waals surface area contributed by atoms with E-state index in [4.69, 9.17) is 5.11 Å². The molecular formula is C10H19NO3. The van der Waals surface area contributed by atoms with Crippen LogP contribution in [0.25, 0.3) is 0 Å². The van der Waals surface area contributed by atoms with Gasteiger partial charge in [-0.25, -0.2) is 4.79 Å². The highest BCUT2D eigenvalue weighted by molar-refractivity contribution is 5.79. The molecule has 0 aliphatic carbocycles. The first-order chi connectivity index (χ1) is 6.60. The lowest BCUT2D eigenvalue weighted by Gasteiger charge is -2.30. The molecular weight excluding hydrogens is 182 g/mol. The highest BCUT2D eigenvalue weighted by Gasteiger charge is 2.23.